The molecule has 5 heteroatoms. The van der Waals surface area contributed by atoms with Crippen LogP contribution >= 0.6 is 11.3 Å². The molecule has 0 aliphatic rings. The second kappa shape index (κ2) is 5.93. The van der Waals surface area contributed by atoms with Gasteiger partial charge in [0.1, 0.15) is 10.8 Å². The standard InChI is InChI=1S/C14H14FNO2S/c1-3-18-13(17)8-12-9(2)19-14(16-12)10-4-6-11(15)7-5-10/h4-7H,3,8H2,1-2H3. The summed E-state index contributed by atoms with van der Waals surface area (Å²) in [6.07, 6.45) is 0.178. The van der Waals surface area contributed by atoms with Crippen molar-refractivity contribution in [2.75, 3.05) is 6.61 Å². The first-order chi connectivity index (χ1) is 9.10. The van der Waals surface area contributed by atoms with Gasteiger partial charge < -0.3 is 4.74 Å². The average molecular weight is 279 g/mol. The molecule has 0 bridgehead atoms. The smallest absolute Gasteiger partial charge is 0.311 e. The zero-order chi connectivity index (χ0) is 13.8. The first-order valence-corrected chi connectivity index (χ1v) is 6.79. The van der Waals surface area contributed by atoms with Crippen molar-refractivity contribution in [3.8, 4) is 10.6 Å². The van der Waals surface area contributed by atoms with E-state index in [2.05, 4.69) is 4.98 Å². The Morgan fingerprint density at radius 1 is 1.37 bits per heavy atom. The zero-order valence-electron chi connectivity index (χ0n) is 10.8. The van der Waals surface area contributed by atoms with Crippen LogP contribution in [0.3, 0.4) is 0 Å². The van der Waals surface area contributed by atoms with E-state index in [1.54, 1.807) is 19.1 Å². The monoisotopic (exact) mass is 279 g/mol. The Bertz CT molecular complexity index is 578. The Balaban J connectivity index is 2.21. The molecule has 0 aliphatic heterocycles. The second-order valence-electron chi connectivity index (χ2n) is 4.01. The second-order valence-corrected chi connectivity index (χ2v) is 5.21. The minimum absolute atomic E-state index is 0.178. The molecule has 3 nitrogen and oxygen atoms in total. The normalized spacial score (nSPS) is 10.5. The van der Waals surface area contributed by atoms with E-state index in [1.807, 2.05) is 6.92 Å². The van der Waals surface area contributed by atoms with Crippen molar-refractivity contribution in [2.24, 2.45) is 0 Å². The van der Waals surface area contributed by atoms with Crippen molar-refractivity contribution in [2.45, 2.75) is 20.3 Å². The van der Waals surface area contributed by atoms with Gasteiger partial charge in [-0.15, -0.1) is 11.3 Å². The van der Waals surface area contributed by atoms with Gasteiger partial charge in [-0.25, -0.2) is 9.37 Å². The van der Waals surface area contributed by atoms with Gasteiger partial charge in [0.25, 0.3) is 0 Å². The molecule has 0 amide bonds. The summed E-state index contributed by atoms with van der Waals surface area (Å²) in [5, 5.41) is 0.789. The maximum atomic E-state index is 12.9. The fourth-order valence-electron chi connectivity index (χ4n) is 1.66. The summed E-state index contributed by atoms with van der Waals surface area (Å²) in [6.45, 7) is 4.06. The molecule has 2 rings (SSSR count). The van der Waals surface area contributed by atoms with Gasteiger partial charge in [-0.2, -0.15) is 0 Å². The summed E-state index contributed by atoms with van der Waals surface area (Å²) in [5.41, 5.74) is 1.58. The molecule has 0 aliphatic carbocycles. The Labute approximate surface area is 115 Å². The van der Waals surface area contributed by atoms with Crippen LogP contribution in [0.4, 0.5) is 4.39 Å². The Kier molecular flexibility index (Phi) is 4.27. The SMILES string of the molecule is CCOC(=O)Cc1nc(-c2ccc(F)cc2)sc1C. The van der Waals surface area contributed by atoms with Gasteiger partial charge in [-0.3, -0.25) is 4.79 Å². The summed E-state index contributed by atoms with van der Waals surface area (Å²) in [5.74, 6) is -0.551. The van der Waals surface area contributed by atoms with E-state index < -0.39 is 0 Å². The highest BCUT2D eigenvalue weighted by atomic mass is 32.1. The number of thiazole rings is 1. The number of hydrogen-bond acceptors (Lipinski definition) is 4. The molecule has 1 aromatic heterocycles. The molecule has 1 heterocycles. The maximum absolute atomic E-state index is 12.9. The van der Waals surface area contributed by atoms with Crippen LogP contribution in [0.1, 0.15) is 17.5 Å². The highest BCUT2D eigenvalue weighted by Gasteiger charge is 2.13. The Hall–Kier alpha value is -1.75. The minimum Gasteiger partial charge on any atom is -0.466 e. The molecule has 0 saturated heterocycles. The van der Waals surface area contributed by atoms with Crippen molar-refractivity contribution in [3.63, 3.8) is 0 Å². The first-order valence-electron chi connectivity index (χ1n) is 5.98. The molecule has 0 saturated carbocycles. The van der Waals surface area contributed by atoms with Crippen LogP contribution in [0.2, 0.25) is 0 Å². The molecule has 0 fully saturated rings. The van der Waals surface area contributed by atoms with E-state index in [-0.39, 0.29) is 18.2 Å². The third kappa shape index (κ3) is 3.38. The van der Waals surface area contributed by atoms with Gasteiger partial charge in [0.2, 0.25) is 0 Å². The Morgan fingerprint density at radius 3 is 2.68 bits per heavy atom. The first kappa shape index (κ1) is 13.7. The lowest BCUT2D eigenvalue weighted by Crippen LogP contribution is -2.08. The van der Waals surface area contributed by atoms with E-state index in [9.17, 15) is 9.18 Å². The quantitative estimate of drug-likeness (QED) is 0.806. The molecular formula is C14H14FNO2S. The number of nitrogens with zero attached hydrogens (tertiary/aromatic N) is 1. The van der Waals surface area contributed by atoms with Crippen molar-refractivity contribution < 1.29 is 13.9 Å². The third-order valence-corrected chi connectivity index (χ3v) is 3.66. The van der Waals surface area contributed by atoms with Crippen LogP contribution < -0.4 is 0 Å². The number of aryl methyl sites for hydroxylation is 1. The highest BCUT2D eigenvalue weighted by Crippen LogP contribution is 2.28. The maximum Gasteiger partial charge on any atom is 0.311 e. The number of hydrogen-bond donors (Lipinski definition) is 0. The number of carbonyl (C=O) groups excluding carboxylic acids is 1. The molecule has 19 heavy (non-hydrogen) atoms. The van der Waals surface area contributed by atoms with Crippen LogP contribution in [0.15, 0.2) is 24.3 Å². The number of aromatic nitrogens is 1. The fraction of sp³-hybridized carbons (Fsp3) is 0.286. The third-order valence-electron chi connectivity index (χ3n) is 2.60. The molecule has 0 radical (unpaired) electrons. The van der Waals surface area contributed by atoms with Crippen LogP contribution in [0.5, 0.6) is 0 Å². The Morgan fingerprint density at radius 2 is 2.05 bits per heavy atom. The van der Waals surface area contributed by atoms with Gasteiger partial charge in [-0.05, 0) is 38.1 Å². The van der Waals surface area contributed by atoms with Crippen molar-refractivity contribution in [1.82, 2.24) is 4.98 Å². The van der Waals surface area contributed by atoms with Crippen LogP contribution in [0.25, 0.3) is 10.6 Å². The lowest BCUT2D eigenvalue weighted by Gasteiger charge is -1.99. The molecule has 0 unspecified atom stereocenters. The van der Waals surface area contributed by atoms with Crippen LogP contribution in [-0.4, -0.2) is 17.6 Å². The lowest BCUT2D eigenvalue weighted by molar-refractivity contribution is -0.142. The van der Waals surface area contributed by atoms with Crippen molar-refractivity contribution in [1.29, 1.82) is 0 Å². The van der Waals surface area contributed by atoms with E-state index in [1.165, 1.54) is 23.5 Å². The van der Waals surface area contributed by atoms with Gasteiger partial charge in [0, 0.05) is 10.4 Å². The lowest BCUT2D eigenvalue weighted by atomic mass is 10.2. The molecule has 1 aromatic carbocycles. The molecule has 100 valence electrons. The summed E-state index contributed by atoms with van der Waals surface area (Å²) < 4.78 is 17.8. The van der Waals surface area contributed by atoms with Crippen LogP contribution in [0, 0.1) is 12.7 Å². The van der Waals surface area contributed by atoms with Crippen LogP contribution in [-0.2, 0) is 16.0 Å². The highest BCUT2D eigenvalue weighted by molar-refractivity contribution is 7.15. The number of esters is 1. The van der Waals surface area contributed by atoms with E-state index in [4.69, 9.17) is 4.74 Å². The average Bonchev–Trinajstić information content (AvgIpc) is 2.72. The van der Waals surface area contributed by atoms with Gasteiger partial charge in [0.05, 0.1) is 18.7 Å². The molecule has 2 aromatic rings. The molecule has 0 spiro atoms. The van der Waals surface area contributed by atoms with E-state index in [0.29, 0.717) is 6.61 Å². The van der Waals surface area contributed by atoms with Gasteiger partial charge in [-0.1, -0.05) is 0 Å². The van der Waals surface area contributed by atoms with E-state index in [0.717, 1.165) is 21.1 Å². The van der Waals surface area contributed by atoms with Gasteiger partial charge in [0.15, 0.2) is 0 Å². The fourth-order valence-corrected chi connectivity index (χ4v) is 2.59. The summed E-state index contributed by atoms with van der Waals surface area (Å²) in [4.78, 5) is 16.9. The minimum atomic E-state index is -0.276. The molecule has 0 atom stereocenters. The zero-order valence-corrected chi connectivity index (χ0v) is 11.6. The molecule has 0 N–H and O–H groups in total. The summed E-state index contributed by atoms with van der Waals surface area (Å²) in [7, 11) is 0. The number of carbonyl (C=O) groups is 1. The predicted octanol–water partition coefficient (Wildman–Crippen LogP) is 3.36. The summed E-state index contributed by atoms with van der Waals surface area (Å²) in [6, 6.07) is 6.16. The number of rotatable bonds is 4. The number of benzene rings is 1. The largest absolute Gasteiger partial charge is 0.466 e. The van der Waals surface area contributed by atoms with E-state index >= 15 is 0 Å². The van der Waals surface area contributed by atoms with Crippen molar-refractivity contribution in [3.05, 3.63) is 40.7 Å². The van der Waals surface area contributed by atoms with Crippen molar-refractivity contribution >= 4 is 17.3 Å². The van der Waals surface area contributed by atoms with Gasteiger partial charge >= 0.3 is 5.97 Å². The number of halogens is 1. The molecular weight excluding hydrogens is 265 g/mol. The summed E-state index contributed by atoms with van der Waals surface area (Å²) >= 11 is 1.49. The predicted molar refractivity (Wildman–Crippen MR) is 72.6 cm³/mol. The number of ether oxygens (including phenoxy) is 1. The topological polar surface area (TPSA) is 39.2 Å².